The molecule has 1 aliphatic heterocycles. The number of aliphatic imine (C=N–C) groups is 1. The molecule has 7 nitrogen and oxygen atoms in total. The van der Waals surface area contributed by atoms with Gasteiger partial charge < -0.3 is 14.7 Å². The molecule has 2 N–H and O–H groups in total. The summed E-state index contributed by atoms with van der Waals surface area (Å²) in [6.45, 7) is 5.29. The number of carbonyl (C=O) groups excluding carboxylic acids is 1. The molecule has 0 radical (unpaired) electrons. The van der Waals surface area contributed by atoms with E-state index in [2.05, 4.69) is 15.0 Å². The van der Waals surface area contributed by atoms with E-state index in [1.807, 2.05) is 60.8 Å². The Bertz CT molecular complexity index is 1660. The van der Waals surface area contributed by atoms with Crippen molar-refractivity contribution >= 4 is 46.6 Å². The molecule has 0 saturated carbocycles. The number of fused-ring (bicyclic) bond motifs is 2. The molecule has 0 aliphatic carbocycles. The van der Waals surface area contributed by atoms with Gasteiger partial charge in [-0.3, -0.25) is 9.79 Å². The summed E-state index contributed by atoms with van der Waals surface area (Å²) in [5.74, 6) is 0. The Hall–Kier alpha value is -4.39. The van der Waals surface area contributed by atoms with Gasteiger partial charge >= 0.3 is 6.09 Å². The maximum atomic E-state index is 13.3. The number of allylic oxidation sites excluding steroid dienone is 2. The summed E-state index contributed by atoms with van der Waals surface area (Å²) in [6, 6.07) is 15.6. The van der Waals surface area contributed by atoms with Crippen LogP contribution in [0.25, 0.3) is 28.6 Å². The zero-order chi connectivity index (χ0) is 23.9. The Morgan fingerprint density at radius 2 is 1.82 bits per heavy atom. The SMILES string of the molecule is CC(C)(C)OC(=O)n1c(=CC=C2C=Nc3ccccc32)[nH]/c(=C\c2c[nH]c3ccccc23)c1=O. The number of aromatic amines is 2. The minimum absolute atomic E-state index is 0.278. The minimum Gasteiger partial charge on any atom is -0.443 e. The van der Waals surface area contributed by atoms with Crippen molar-refractivity contribution in [1.29, 1.82) is 0 Å². The van der Waals surface area contributed by atoms with Crippen LogP contribution in [0.15, 0.2) is 70.6 Å². The highest BCUT2D eigenvalue weighted by Crippen LogP contribution is 2.30. The molecule has 0 saturated heterocycles. The molecule has 0 unspecified atom stereocenters. The second kappa shape index (κ2) is 8.19. The highest BCUT2D eigenvalue weighted by molar-refractivity contribution is 6.17. The van der Waals surface area contributed by atoms with E-state index in [0.29, 0.717) is 5.48 Å². The molecular weight excluding hydrogens is 428 g/mol. The predicted molar refractivity (Wildman–Crippen MR) is 135 cm³/mol. The lowest BCUT2D eigenvalue weighted by Gasteiger charge is -2.19. The molecule has 34 heavy (non-hydrogen) atoms. The lowest BCUT2D eigenvalue weighted by molar-refractivity contribution is 0.0526. The summed E-state index contributed by atoms with van der Waals surface area (Å²) in [4.78, 5) is 37.0. The van der Waals surface area contributed by atoms with E-state index in [1.54, 1.807) is 39.1 Å². The van der Waals surface area contributed by atoms with E-state index in [0.717, 1.165) is 37.9 Å². The first-order valence-electron chi connectivity index (χ1n) is 11.0. The number of benzene rings is 2. The number of hydrogen-bond acceptors (Lipinski definition) is 4. The molecule has 0 spiro atoms. The van der Waals surface area contributed by atoms with E-state index in [4.69, 9.17) is 4.74 Å². The molecule has 3 heterocycles. The molecule has 7 heteroatoms. The second-order valence-corrected chi connectivity index (χ2v) is 9.04. The molecule has 0 bridgehead atoms. The van der Waals surface area contributed by atoms with Crippen LogP contribution in [0.4, 0.5) is 10.5 Å². The van der Waals surface area contributed by atoms with Gasteiger partial charge in [-0.05, 0) is 51.1 Å². The first-order valence-corrected chi connectivity index (χ1v) is 11.0. The fourth-order valence-corrected chi connectivity index (χ4v) is 3.89. The summed E-state index contributed by atoms with van der Waals surface area (Å²) < 4.78 is 6.54. The van der Waals surface area contributed by atoms with Crippen molar-refractivity contribution in [2.24, 2.45) is 4.99 Å². The Kier molecular flexibility index (Phi) is 5.17. The normalized spacial score (nSPS) is 15.4. The van der Waals surface area contributed by atoms with Crippen LogP contribution in [-0.4, -0.2) is 32.4 Å². The van der Waals surface area contributed by atoms with Gasteiger partial charge in [0.25, 0.3) is 5.56 Å². The molecule has 0 atom stereocenters. The van der Waals surface area contributed by atoms with Crippen molar-refractivity contribution in [3.63, 3.8) is 0 Å². The Morgan fingerprint density at radius 1 is 1.06 bits per heavy atom. The maximum absolute atomic E-state index is 13.3. The van der Waals surface area contributed by atoms with Crippen molar-refractivity contribution in [1.82, 2.24) is 14.5 Å². The number of aromatic nitrogens is 3. The number of nitrogens with zero attached hydrogens (tertiary/aromatic N) is 2. The van der Waals surface area contributed by atoms with Gasteiger partial charge in [-0.2, -0.15) is 4.57 Å². The number of carbonyl (C=O) groups is 1. The lowest BCUT2D eigenvalue weighted by atomic mass is 10.1. The third-order valence-electron chi connectivity index (χ3n) is 5.41. The van der Waals surface area contributed by atoms with Gasteiger partial charge in [-0.25, -0.2) is 4.79 Å². The molecule has 5 rings (SSSR count). The van der Waals surface area contributed by atoms with E-state index < -0.39 is 17.3 Å². The van der Waals surface area contributed by atoms with Crippen molar-refractivity contribution in [2.45, 2.75) is 26.4 Å². The van der Waals surface area contributed by atoms with Gasteiger partial charge in [0, 0.05) is 40.0 Å². The smallest absolute Gasteiger partial charge is 0.423 e. The zero-order valence-corrected chi connectivity index (χ0v) is 19.1. The number of imidazole rings is 1. The summed E-state index contributed by atoms with van der Waals surface area (Å²) in [7, 11) is 0. The quantitative estimate of drug-likeness (QED) is 0.484. The largest absolute Gasteiger partial charge is 0.443 e. The summed E-state index contributed by atoms with van der Waals surface area (Å²) in [5, 5.41) is 1.26. The molecule has 170 valence electrons. The molecule has 2 aromatic carbocycles. The van der Waals surface area contributed by atoms with Gasteiger partial charge in [-0.15, -0.1) is 0 Å². The highest BCUT2D eigenvalue weighted by Gasteiger charge is 2.21. The number of para-hydroxylation sites is 2. The molecule has 0 fully saturated rings. The average molecular weight is 453 g/mol. The zero-order valence-electron chi connectivity index (χ0n) is 19.1. The van der Waals surface area contributed by atoms with Gasteiger partial charge in [0.2, 0.25) is 0 Å². The highest BCUT2D eigenvalue weighted by atomic mass is 16.6. The first kappa shape index (κ1) is 21.5. The maximum Gasteiger partial charge on any atom is 0.423 e. The summed E-state index contributed by atoms with van der Waals surface area (Å²) in [6.07, 6.45) is 8.12. The van der Waals surface area contributed by atoms with E-state index in [1.165, 1.54) is 0 Å². The third kappa shape index (κ3) is 4.03. The van der Waals surface area contributed by atoms with Gasteiger partial charge in [0.05, 0.1) is 5.69 Å². The van der Waals surface area contributed by atoms with E-state index in [-0.39, 0.29) is 5.35 Å². The minimum atomic E-state index is -0.749. The van der Waals surface area contributed by atoms with Gasteiger partial charge in [0.15, 0.2) is 0 Å². The van der Waals surface area contributed by atoms with Crippen LogP contribution in [0.1, 0.15) is 31.9 Å². The summed E-state index contributed by atoms with van der Waals surface area (Å²) in [5.41, 5.74) is 3.64. The number of ether oxygens (including phenoxy) is 1. The van der Waals surface area contributed by atoms with Crippen molar-refractivity contribution in [3.05, 3.63) is 93.1 Å². The fourth-order valence-electron chi connectivity index (χ4n) is 3.89. The van der Waals surface area contributed by atoms with Crippen LogP contribution in [0.3, 0.4) is 0 Å². The number of hydrogen-bond donors (Lipinski definition) is 2. The Labute approximate surface area is 195 Å². The molecule has 4 aromatic rings. The van der Waals surface area contributed by atoms with Crippen LogP contribution in [-0.2, 0) is 4.74 Å². The topological polar surface area (TPSA) is 92.2 Å². The Morgan fingerprint density at radius 3 is 2.65 bits per heavy atom. The molecule has 2 aromatic heterocycles. The van der Waals surface area contributed by atoms with E-state index in [9.17, 15) is 9.59 Å². The predicted octanol–water partition coefficient (Wildman–Crippen LogP) is 3.85. The number of H-pyrrole nitrogens is 2. The first-order chi connectivity index (χ1) is 16.3. The van der Waals surface area contributed by atoms with Crippen LogP contribution < -0.4 is 16.4 Å². The van der Waals surface area contributed by atoms with Gasteiger partial charge in [0.1, 0.15) is 16.4 Å². The molecule has 1 aliphatic rings. The van der Waals surface area contributed by atoms with Crippen LogP contribution in [0, 0.1) is 0 Å². The van der Waals surface area contributed by atoms with Gasteiger partial charge in [-0.1, -0.05) is 36.4 Å². The number of nitrogens with one attached hydrogen (secondary N) is 2. The van der Waals surface area contributed by atoms with Crippen molar-refractivity contribution < 1.29 is 9.53 Å². The van der Waals surface area contributed by atoms with E-state index >= 15 is 0 Å². The van der Waals surface area contributed by atoms with Crippen LogP contribution in [0.5, 0.6) is 0 Å². The second-order valence-electron chi connectivity index (χ2n) is 9.04. The molecule has 0 amide bonds. The number of rotatable bonds is 2. The summed E-state index contributed by atoms with van der Waals surface area (Å²) >= 11 is 0. The van der Waals surface area contributed by atoms with Crippen LogP contribution >= 0.6 is 0 Å². The lowest BCUT2D eigenvalue weighted by Crippen LogP contribution is -2.40. The molecular formula is C27H24N4O3. The Balaban J connectivity index is 1.67. The monoisotopic (exact) mass is 452 g/mol. The van der Waals surface area contributed by atoms with Crippen molar-refractivity contribution in [3.8, 4) is 0 Å². The standard InChI is InChI=1S/C27H24N4O3/c1-27(2,3)34-26(33)31-24(13-12-17-15-28-21-10-6-4-8-19(17)21)30-23(25(31)32)14-18-16-29-22-11-7-5-9-20(18)22/h4-16,29-30H,1-3H3/b17-12?,23-14-,24-13?. The third-order valence-corrected chi connectivity index (χ3v) is 5.41. The van der Waals surface area contributed by atoms with Crippen molar-refractivity contribution in [2.75, 3.05) is 0 Å². The fraction of sp³-hybridized carbons (Fsp3) is 0.148. The average Bonchev–Trinajstić information content (AvgIpc) is 3.47. The van der Waals surface area contributed by atoms with Crippen LogP contribution in [0.2, 0.25) is 0 Å².